The lowest BCUT2D eigenvalue weighted by atomic mass is 10.3. The van der Waals surface area contributed by atoms with Crippen molar-refractivity contribution in [3.05, 3.63) is 39.8 Å². The van der Waals surface area contributed by atoms with Gasteiger partial charge >= 0.3 is 5.69 Å². The summed E-state index contributed by atoms with van der Waals surface area (Å²) >= 11 is 1.21. The van der Waals surface area contributed by atoms with Crippen LogP contribution in [-0.2, 0) is 10.0 Å². The van der Waals surface area contributed by atoms with Gasteiger partial charge in [-0.3, -0.25) is 4.72 Å². The largest absolute Gasteiger partial charge is 0.323 e. The Balaban J connectivity index is 2.01. The molecule has 3 N–H and O–H groups in total. The summed E-state index contributed by atoms with van der Waals surface area (Å²) in [6.07, 6.45) is 0. The summed E-state index contributed by atoms with van der Waals surface area (Å²) < 4.78 is 26.8. The number of fused-ring (bicyclic) bond motifs is 1. The second-order valence-corrected chi connectivity index (χ2v) is 6.73. The van der Waals surface area contributed by atoms with E-state index in [1.807, 2.05) is 0 Å². The Morgan fingerprint density at radius 2 is 2.00 bits per heavy atom. The van der Waals surface area contributed by atoms with Crippen LogP contribution in [-0.4, -0.2) is 23.4 Å². The molecule has 9 heteroatoms. The van der Waals surface area contributed by atoms with Gasteiger partial charge in [-0.25, -0.2) is 18.2 Å². The van der Waals surface area contributed by atoms with Crippen molar-refractivity contribution >= 4 is 37.5 Å². The SMILES string of the molecule is Cc1csc(NS(=O)(=O)c2ccc3[nH]c(=O)[nH]c3c2)n1. The van der Waals surface area contributed by atoms with Crippen LogP contribution in [0.3, 0.4) is 0 Å². The van der Waals surface area contributed by atoms with Crippen LogP contribution in [0.1, 0.15) is 5.69 Å². The number of aromatic amines is 2. The highest BCUT2D eigenvalue weighted by Crippen LogP contribution is 2.21. The number of aromatic nitrogens is 3. The molecule has 0 atom stereocenters. The summed E-state index contributed by atoms with van der Waals surface area (Å²) in [6, 6.07) is 4.36. The second-order valence-electron chi connectivity index (χ2n) is 4.19. The van der Waals surface area contributed by atoms with E-state index in [9.17, 15) is 13.2 Å². The molecule has 0 saturated heterocycles. The lowest BCUT2D eigenvalue weighted by Crippen LogP contribution is -2.12. The smallest absolute Gasteiger partial charge is 0.306 e. The average Bonchev–Trinajstić information content (AvgIpc) is 2.92. The molecule has 20 heavy (non-hydrogen) atoms. The standard InChI is InChI=1S/C11H10N4O3S2/c1-6-5-19-11(12-6)15-20(17,18)7-2-3-8-9(4-7)14-10(16)13-8/h2-5H,1H3,(H,12,15)(H2,13,14,16). The molecule has 0 radical (unpaired) electrons. The van der Waals surface area contributed by atoms with Gasteiger partial charge in [0.2, 0.25) is 0 Å². The monoisotopic (exact) mass is 310 g/mol. The van der Waals surface area contributed by atoms with E-state index in [0.29, 0.717) is 16.2 Å². The average molecular weight is 310 g/mol. The van der Waals surface area contributed by atoms with E-state index in [-0.39, 0.29) is 10.6 Å². The summed E-state index contributed by atoms with van der Waals surface area (Å²) in [4.78, 5) is 20.4. The number of hydrogen-bond donors (Lipinski definition) is 3. The number of aryl methyl sites for hydroxylation is 1. The van der Waals surface area contributed by atoms with Gasteiger partial charge in [0.25, 0.3) is 10.0 Å². The molecular weight excluding hydrogens is 300 g/mol. The first-order valence-electron chi connectivity index (χ1n) is 5.61. The van der Waals surface area contributed by atoms with E-state index in [0.717, 1.165) is 5.69 Å². The summed E-state index contributed by atoms with van der Waals surface area (Å²) in [7, 11) is -3.72. The normalized spacial score (nSPS) is 11.8. The Morgan fingerprint density at radius 3 is 2.70 bits per heavy atom. The predicted molar refractivity (Wildman–Crippen MR) is 76.6 cm³/mol. The molecule has 2 aromatic heterocycles. The van der Waals surface area contributed by atoms with Gasteiger partial charge in [-0.15, -0.1) is 11.3 Å². The maximum Gasteiger partial charge on any atom is 0.323 e. The highest BCUT2D eigenvalue weighted by Gasteiger charge is 2.16. The van der Waals surface area contributed by atoms with Crippen LogP contribution in [0.5, 0.6) is 0 Å². The fraction of sp³-hybridized carbons (Fsp3) is 0.0909. The van der Waals surface area contributed by atoms with Gasteiger partial charge in [-0.05, 0) is 25.1 Å². The highest BCUT2D eigenvalue weighted by molar-refractivity contribution is 7.93. The molecule has 0 amide bonds. The second kappa shape index (κ2) is 4.46. The number of imidazole rings is 1. The lowest BCUT2D eigenvalue weighted by molar-refractivity contribution is 0.601. The molecule has 1 aromatic carbocycles. The minimum absolute atomic E-state index is 0.0631. The van der Waals surface area contributed by atoms with Gasteiger partial charge < -0.3 is 9.97 Å². The van der Waals surface area contributed by atoms with Crippen LogP contribution in [0.15, 0.2) is 33.3 Å². The third kappa shape index (κ3) is 2.32. The molecule has 0 unspecified atom stereocenters. The third-order valence-corrected chi connectivity index (χ3v) is 4.98. The first-order chi connectivity index (χ1) is 9.44. The number of nitrogens with one attached hydrogen (secondary N) is 3. The van der Waals surface area contributed by atoms with Crippen LogP contribution in [0.4, 0.5) is 5.13 Å². The predicted octanol–water partition coefficient (Wildman–Crippen LogP) is 1.42. The number of hydrogen-bond acceptors (Lipinski definition) is 5. The summed E-state index contributed by atoms with van der Waals surface area (Å²) in [5.74, 6) is 0. The van der Waals surface area contributed by atoms with Crippen LogP contribution < -0.4 is 10.4 Å². The van der Waals surface area contributed by atoms with Crippen molar-refractivity contribution in [2.75, 3.05) is 4.72 Å². The molecule has 0 bridgehead atoms. The molecule has 0 aliphatic heterocycles. The molecule has 104 valence electrons. The molecule has 7 nitrogen and oxygen atoms in total. The zero-order chi connectivity index (χ0) is 14.3. The van der Waals surface area contributed by atoms with Crippen LogP contribution in [0, 0.1) is 6.92 Å². The number of H-pyrrole nitrogens is 2. The topological polar surface area (TPSA) is 108 Å². The molecule has 3 rings (SSSR count). The first kappa shape index (κ1) is 12.9. The number of rotatable bonds is 3. The fourth-order valence-electron chi connectivity index (χ4n) is 1.75. The van der Waals surface area contributed by atoms with E-state index in [1.54, 1.807) is 12.3 Å². The Bertz CT molecular complexity index is 936. The summed E-state index contributed by atoms with van der Waals surface area (Å²) in [6.45, 7) is 1.78. The Labute approximate surface area is 117 Å². The fourth-order valence-corrected chi connectivity index (χ4v) is 3.72. The molecule has 3 aromatic rings. The van der Waals surface area contributed by atoms with Crippen molar-refractivity contribution in [1.82, 2.24) is 15.0 Å². The van der Waals surface area contributed by atoms with Crippen molar-refractivity contribution in [3.8, 4) is 0 Å². The highest BCUT2D eigenvalue weighted by atomic mass is 32.2. The van der Waals surface area contributed by atoms with Gasteiger partial charge in [0, 0.05) is 5.38 Å². The van der Waals surface area contributed by atoms with Gasteiger partial charge in [0.1, 0.15) is 0 Å². The van der Waals surface area contributed by atoms with Crippen molar-refractivity contribution in [2.24, 2.45) is 0 Å². The Kier molecular flexibility index (Phi) is 2.87. The molecule has 0 spiro atoms. The van der Waals surface area contributed by atoms with Crippen LogP contribution in [0.25, 0.3) is 11.0 Å². The van der Waals surface area contributed by atoms with Crippen molar-refractivity contribution in [1.29, 1.82) is 0 Å². The van der Waals surface area contributed by atoms with Gasteiger partial charge in [0.05, 0.1) is 21.6 Å². The van der Waals surface area contributed by atoms with Crippen molar-refractivity contribution < 1.29 is 8.42 Å². The van der Waals surface area contributed by atoms with Gasteiger partial charge in [-0.2, -0.15) is 0 Å². The van der Waals surface area contributed by atoms with Gasteiger partial charge in [-0.1, -0.05) is 0 Å². The third-order valence-electron chi connectivity index (χ3n) is 2.64. The number of sulfonamides is 1. The summed E-state index contributed by atoms with van der Waals surface area (Å²) in [5.41, 5.74) is 1.36. The number of nitrogens with zero attached hydrogens (tertiary/aromatic N) is 1. The van der Waals surface area contributed by atoms with Gasteiger partial charge in [0.15, 0.2) is 5.13 Å². The number of thiazole rings is 1. The van der Waals surface area contributed by atoms with Crippen molar-refractivity contribution in [3.63, 3.8) is 0 Å². The summed E-state index contributed by atoms with van der Waals surface area (Å²) in [5, 5.41) is 2.06. The van der Waals surface area contributed by atoms with Crippen LogP contribution >= 0.6 is 11.3 Å². The molecule has 0 aliphatic rings. The van der Waals surface area contributed by atoms with E-state index in [2.05, 4.69) is 19.7 Å². The molecular formula is C11H10N4O3S2. The molecule has 0 saturated carbocycles. The zero-order valence-electron chi connectivity index (χ0n) is 10.3. The Hall–Kier alpha value is -2.13. The molecule has 2 heterocycles. The number of benzene rings is 1. The molecule has 0 fully saturated rings. The minimum Gasteiger partial charge on any atom is -0.306 e. The maximum atomic E-state index is 12.2. The molecule has 0 aliphatic carbocycles. The van der Waals surface area contributed by atoms with E-state index in [1.165, 1.54) is 29.5 Å². The lowest BCUT2D eigenvalue weighted by Gasteiger charge is -2.04. The van der Waals surface area contributed by atoms with Crippen molar-refractivity contribution in [2.45, 2.75) is 11.8 Å². The first-order valence-corrected chi connectivity index (χ1v) is 7.97. The maximum absolute atomic E-state index is 12.2. The zero-order valence-corrected chi connectivity index (χ0v) is 11.9. The van der Waals surface area contributed by atoms with E-state index < -0.39 is 10.0 Å². The quantitative estimate of drug-likeness (QED) is 0.680. The van der Waals surface area contributed by atoms with E-state index in [4.69, 9.17) is 0 Å². The minimum atomic E-state index is -3.72. The Morgan fingerprint density at radius 1 is 1.25 bits per heavy atom. The van der Waals surface area contributed by atoms with E-state index >= 15 is 0 Å². The number of anilines is 1. The van der Waals surface area contributed by atoms with Crippen LogP contribution in [0.2, 0.25) is 0 Å².